The fourth-order valence-electron chi connectivity index (χ4n) is 12.5. The van der Waals surface area contributed by atoms with E-state index in [9.17, 15) is 61.0 Å². The van der Waals surface area contributed by atoms with E-state index >= 15 is 0 Å². The predicted octanol–water partition coefficient (Wildman–Crippen LogP) is 11.3. The molecule has 3 aliphatic rings. The van der Waals surface area contributed by atoms with Crippen molar-refractivity contribution >= 4 is 5.91 Å². The largest absolute Gasteiger partial charge is 0.394 e. The van der Waals surface area contributed by atoms with Crippen molar-refractivity contribution in [3.63, 3.8) is 0 Å². The van der Waals surface area contributed by atoms with E-state index in [1.54, 1.807) is 0 Å². The molecule has 3 fully saturated rings. The summed E-state index contributed by atoms with van der Waals surface area (Å²) in [6.45, 7) is 1.67. The first-order chi connectivity index (χ1) is 46.3. The molecule has 3 saturated heterocycles. The van der Waals surface area contributed by atoms with Crippen molar-refractivity contribution in [2.75, 3.05) is 26.4 Å². The van der Waals surface area contributed by atoms with Gasteiger partial charge < -0.3 is 89.9 Å². The molecular weight excluding hydrogens is 1210 g/mol. The standard InChI is InChI=1S/C76H135NO18/c1-3-5-7-9-11-13-15-16-17-18-19-20-21-22-23-24-25-26-27-28-29-30-31-32-33-34-35-36-37-38-39-40-41-42-44-46-48-50-52-54-64(82)77-59(60(81)53-51-49-47-45-43-14-12-10-8-6-4-2)58-90-74-70(88)67(85)72(62(56-79)92-74)95-76-71(89)68(86)73(63(57-80)93-76)94-75-69(87)66(84)65(83)61(55-78)91-75/h5,7,11,13,16-17,19-20,22-23,25-26,59-63,65-76,78-81,83-89H,3-4,6,8-10,12,14-15,18,21,24,27-58H2,1-2H3,(H,77,82)/b7-5-,13-11-,17-16-,20-19-,23-22-,26-25-. The highest BCUT2D eigenvalue weighted by molar-refractivity contribution is 5.76. The molecule has 0 aromatic carbocycles. The molecule has 0 aromatic rings. The highest BCUT2D eigenvalue weighted by Crippen LogP contribution is 2.33. The summed E-state index contributed by atoms with van der Waals surface area (Å²) in [5, 5.41) is 121. The number of aliphatic hydroxyl groups is 11. The van der Waals surface area contributed by atoms with E-state index in [2.05, 4.69) is 92.1 Å². The predicted molar refractivity (Wildman–Crippen MR) is 374 cm³/mol. The smallest absolute Gasteiger partial charge is 0.220 e. The van der Waals surface area contributed by atoms with Crippen LogP contribution < -0.4 is 5.32 Å². The van der Waals surface area contributed by atoms with Crippen LogP contribution in [0.3, 0.4) is 0 Å². The molecule has 0 aliphatic carbocycles. The lowest BCUT2D eigenvalue weighted by Crippen LogP contribution is -2.66. The maximum Gasteiger partial charge on any atom is 0.220 e. The molecule has 19 nitrogen and oxygen atoms in total. The molecule has 0 saturated carbocycles. The Balaban J connectivity index is 1.28. The molecule has 552 valence electrons. The minimum absolute atomic E-state index is 0.242. The number of hydrogen-bond donors (Lipinski definition) is 12. The first-order valence-corrected chi connectivity index (χ1v) is 37.7. The van der Waals surface area contributed by atoms with E-state index < -0.39 is 124 Å². The van der Waals surface area contributed by atoms with E-state index in [-0.39, 0.29) is 18.9 Å². The van der Waals surface area contributed by atoms with E-state index in [0.29, 0.717) is 12.8 Å². The van der Waals surface area contributed by atoms with Gasteiger partial charge in [0.25, 0.3) is 0 Å². The van der Waals surface area contributed by atoms with Crippen molar-refractivity contribution in [2.45, 2.75) is 375 Å². The van der Waals surface area contributed by atoms with Crippen LogP contribution in [0.4, 0.5) is 0 Å². The lowest BCUT2D eigenvalue weighted by atomic mass is 9.96. The van der Waals surface area contributed by atoms with Crippen LogP contribution in [0.15, 0.2) is 72.9 Å². The average molecular weight is 1350 g/mol. The van der Waals surface area contributed by atoms with Gasteiger partial charge in [-0.1, -0.05) is 273 Å². The number of amides is 1. The first-order valence-electron chi connectivity index (χ1n) is 37.7. The fraction of sp³-hybridized carbons (Fsp3) is 0.829. The van der Waals surface area contributed by atoms with Gasteiger partial charge in [0, 0.05) is 6.42 Å². The third-order valence-corrected chi connectivity index (χ3v) is 18.5. The lowest BCUT2D eigenvalue weighted by molar-refractivity contribution is -0.379. The van der Waals surface area contributed by atoms with Crippen molar-refractivity contribution in [1.82, 2.24) is 5.32 Å². The maximum absolute atomic E-state index is 13.4. The highest BCUT2D eigenvalue weighted by Gasteiger charge is 2.53. The molecule has 95 heavy (non-hydrogen) atoms. The van der Waals surface area contributed by atoms with Gasteiger partial charge in [-0.2, -0.15) is 0 Å². The van der Waals surface area contributed by atoms with Gasteiger partial charge in [-0.25, -0.2) is 0 Å². The van der Waals surface area contributed by atoms with Crippen LogP contribution in [0, 0.1) is 0 Å². The van der Waals surface area contributed by atoms with E-state index in [1.807, 2.05) is 0 Å². The second kappa shape index (κ2) is 56.9. The van der Waals surface area contributed by atoms with Crippen LogP contribution in [0.5, 0.6) is 0 Å². The summed E-state index contributed by atoms with van der Waals surface area (Å²) in [6.07, 6.45) is 45.9. The van der Waals surface area contributed by atoms with E-state index in [4.69, 9.17) is 28.4 Å². The van der Waals surface area contributed by atoms with Crippen LogP contribution >= 0.6 is 0 Å². The maximum atomic E-state index is 13.4. The second-order valence-electron chi connectivity index (χ2n) is 26.7. The Morgan fingerprint density at radius 2 is 0.726 bits per heavy atom. The number of hydrogen-bond acceptors (Lipinski definition) is 18. The Morgan fingerprint density at radius 3 is 1.14 bits per heavy atom. The van der Waals surface area contributed by atoms with Gasteiger partial charge in [0.05, 0.1) is 38.6 Å². The van der Waals surface area contributed by atoms with Crippen LogP contribution in [0.25, 0.3) is 0 Å². The van der Waals surface area contributed by atoms with Crippen molar-refractivity contribution in [3.05, 3.63) is 72.9 Å². The Morgan fingerprint density at radius 1 is 0.389 bits per heavy atom. The number of aliphatic hydroxyl groups excluding tert-OH is 11. The second-order valence-corrected chi connectivity index (χ2v) is 26.7. The van der Waals surface area contributed by atoms with Gasteiger partial charge in [0.1, 0.15) is 73.2 Å². The zero-order valence-electron chi connectivity index (χ0n) is 58.6. The molecule has 3 heterocycles. The fourth-order valence-corrected chi connectivity index (χ4v) is 12.5. The number of carbonyl (C=O) groups excluding carboxylic acids is 1. The number of nitrogens with one attached hydrogen (secondary N) is 1. The number of unbranched alkanes of at least 4 members (excludes halogenated alkanes) is 30. The summed E-state index contributed by atoms with van der Waals surface area (Å²) in [6, 6.07) is -0.886. The summed E-state index contributed by atoms with van der Waals surface area (Å²) in [5.41, 5.74) is 0. The van der Waals surface area contributed by atoms with Gasteiger partial charge in [-0.3, -0.25) is 4.79 Å². The summed E-state index contributed by atoms with van der Waals surface area (Å²) < 4.78 is 34.4. The number of allylic oxidation sites excluding steroid dienone is 12. The Labute approximate surface area is 572 Å². The third-order valence-electron chi connectivity index (χ3n) is 18.5. The van der Waals surface area contributed by atoms with Gasteiger partial charge >= 0.3 is 0 Å². The van der Waals surface area contributed by atoms with Crippen molar-refractivity contribution in [3.8, 4) is 0 Å². The number of rotatable bonds is 58. The molecular formula is C76H135NO18. The van der Waals surface area contributed by atoms with E-state index in [1.165, 1.54) is 154 Å². The molecule has 3 aliphatic heterocycles. The minimum atomic E-state index is -1.97. The van der Waals surface area contributed by atoms with Crippen molar-refractivity contribution in [2.24, 2.45) is 0 Å². The summed E-state index contributed by atoms with van der Waals surface area (Å²) >= 11 is 0. The van der Waals surface area contributed by atoms with Gasteiger partial charge in [-0.15, -0.1) is 0 Å². The molecule has 17 unspecified atom stereocenters. The molecule has 0 aromatic heterocycles. The molecule has 1 amide bonds. The zero-order valence-corrected chi connectivity index (χ0v) is 58.6. The first kappa shape index (κ1) is 86.5. The third kappa shape index (κ3) is 38.0. The van der Waals surface area contributed by atoms with Crippen LogP contribution in [0.1, 0.15) is 271 Å². The normalized spacial score (nSPS) is 27.6. The highest BCUT2D eigenvalue weighted by atomic mass is 16.8. The molecule has 0 radical (unpaired) electrons. The molecule has 17 atom stereocenters. The van der Waals surface area contributed by atoms with Gasteiger partial charge in [-0.05, 0) is 64.2 Å². The van der Waals surface area contributed by atoms with Crippen molar-refractivity contribution < 1.29 is 89.4 Å². The Hall–Kier alpha value is -2.77. The quantitative estimate of drug-likeness (QED) is 0.0199. The summed E-state index contributed by atoms with van der Waals surface area (Å²) in [4.78, 5) is 13.4. The average Bonchev–Trinajstić information content (AvgIpc) is 0.787. The molecule has 0 bridgehead atoms. The molecule has 19 heteroatoms. The van der Waals surface area contributed by atoms with Crippen LogP contribution in [0.2, 0.25) is 0 Å². The topological polar surface area (TPSA) is 307 Å². The zero-order chi connectivity index (χ0) is 68.9. The van der Waals surface area contributed by atoms with E-state index in [0.717, 1.165) is 83.5 Å². The number of carbonyl (C=O) groups is 1. The lowest BCUT2D eigenvalue weighted by Gasteiger charge is -2.48. The molecule has 0 spiro atoms. The summed E-state index contributed by atoms with van der Waals surface area (Å²) in [7, 11) is 0. The number of ether oxygens (including phenoxy) is 6. The Kier molecular flexibility index (Phi) is 51.8. The molecule has 3 rings (SSSR count). The molecule has 12 N–H and O–H groups in total. The summed E-state index contributed by atoms with van der Waals surface area (Å²) in [5.74, 6) is -0.242. The van der Waals surface area contributed by atoms with Crippen LogP contribution in [-0.2, 0) is 33.2 Å². The minimum Gasteiger partial charge on any atom is -0.394 e. The van der Waals surface area contributed by atoms with Gasteiger partial charge in [0.15, 0.2) is 18.9 Å². The van der Waals surface area contributed by atoms with Crippen molar-refractivity contribution in [1.29, 1.82) is 0 Å². The van der Waals surface area contributed by atoms with Crippen LogP contribution in [-0.4, -0.2) is 193 Å². The SMILES string of the molecule is CC/C=C\C/C=C\C/C=C\C/C=C\C/C=C\C/C=C\CCCCCCCCCCCCCCCCCCCCCCC(=O)NC(COC1OC(CO)C(OC2OC(CO)C(OC3OC(CO)C(O)C(O)C3O)C(O)C2O)C(O)C1O)C(O)CCCCCCCCCCCCC. The monoisotopic (exact) mass is 1350 g/mol. The Bertz CT molecular complexity index is 2000. The van der Waals surface area contributed by atoms with Gasteiger partial charge in [0.2, 0.25) is 5.91 Å².